The molecule has 1 amide bonds. The number of esters is 1. The quantitative estimate of drug-likeness (QED) is 0.309. The van der Waals surface area contributed by atoms with Gasteiger partial charge in [0.15, 0.2) is 0 Å². The van der Waals surface area contributed by atoms with Crippen molar-refractivity contribution in [3.05, 3.63) is 64.2 Å². The van der Waals surface area contributed by atoms with E-state index >= 15 is 0 Å². The Morgan fingerprint density at radius 1 is 1.18 bits per heavy atom. The van der Waals surface area contributed by atoms with E-state index in [2.05, 4.69) is 10.2 Å². The van der Waals surface area contributed by atoms with Gasteiger partial charge in [0, 0.05) is 5.56 Å². The molecule has 2 aromatic rings. The largest absolute Gasteiger partial charge is 0.507 e. The van der Waals surface area contributed by atoms with Crippen LogP contribution in [0.15, 0.2) is 53.6 Å². The van der Waals surface area contributed by atoms with Gasteiger partial charge in [0.2, 0.25) is 5.13 Å². The number of anilines is 1. The maximum atomic E-state index is 13.1. The summed E-state index contributed by atoms with van der Waals surface area (Å²) in [6.07, 6.45) is 5.43. The van der Waals surface area contributed by atoms with Crippen LogP contribution in [0.1, 0.15) is 17.0 Å². The second kappa shape index (κ2) is 8.99. The summed E-state index contributed by atoms with van der Waals surface area (Å²) >= 11 is 1.17. The van der Waals surface area contributed by atoms with Gasteiger partial charge in [0.25, 0.3) is 5.78 Å². The summed E-state index contributed by atoms with van der Waals surface area (Å²) in [7, 11) is 2.84. The maximum absolute atomic E-state index is 13.1. The molecule has 1 aliphatic heterocycles. The number of allylic oxidation sites excluding steroid dienone is 1. The van der Waals surface area contributed by atoms with Crippen LogP contribution in [0.5, 0.6) is 5.75 Å². The third kappa shape index (κ3) is 4.05. The lowest BCUT2D eigenvalue weighted by Crippen LogP contribution is -2.36. The van der Waals surface area contributed by atoms with Gasteiger partial charge in [-0.05, 0) is 43.2 Å². The summed E-state index contributed by atoms with van der Waals surface area (Å²) in [4.78, 5) is 39.3. The van der Waals surface area contributed by atoms with Crippen molar-refractivity contribution in [3.63, 3.8) is 0 Å². The molecule has 0 spiro atoms. The first-order valence-corrected chi connectivity index (χ1v) is 10.9. The number of amides is 1. The van der Waals surface area contributed by atoms with Crippen LogP contribution in [0.25, 0.3) is 5.76 Å². The molecule has 0 saturated carbocycles. The number of aryl methyl sites for hydroxylation is 1. The number of aromatic nitrogens is 2. The minimum absolute atomic E-state index is 0.0644. The van der Waals surface area contributed by atoms with Gasteiger partial charge in [-0.2, -0.15) is 0 Å². The SMILES string of the molecule is COC(=O)C1C=CC(C2C(=C(O)c3ccc(OC)cc3)C(=O)C(=O)N2c2nnc(C)s2)=CC1. The van der Waals surface area contributed by atoms with Gasteiger partial charge >= 0.3 is 11.9 Å². The van der Waals surface area contributed by atoms with Crippen LogP contribution in [0.3, 0.4) is 0 Å². The highest BCUT2D eigenvalue weighted by molar-refractivity contribution is 7.15. The maximum Gasteiger partial charge on any atom is 0.312 e. The van der Waals surface area contributed by atoms with E-state index in [4.69, 9.17) is 9.47 Å². The van der Waals surface area contributed by atoms with E-state index in [1.807, 2.05) is 0 Å². The third-order valence-corrected chi connectivity index (χ3v) is 6.32. The molecule has 1 N–H and O–H groups in total. The van der Waals surface area contributed by atoms with E-state index in [0.717, 1.165) is 0 Å². The van der Waals surface area contributed by atoms with E-state index in [1.54, 1.807) is 49.4 Å². The fourth-order valence-corrected chi connectivity index (χ4v) is 4.51. The Balaban J connectivity index is 1.83. The summed E-state index contributed by atoms with van der Waals surface area (Å²) in [6.45, 7) is 1.74. The lowest BCUT2D eigenvalue weighted by Gasteiger charge is -2.25. The summed E-state index contributed by atoms with van der Waals surface area (Å²) in [5.74, 6) is -2.21. The Labute approximate surface area is 193 Å². The number of ether oxygens (including phenoxy) is 2. The number of rotatable bonds is 5. The molecule has 9 nitrogen and oxygen atoms in total. The number of Topliss-reactive ketones (excluding diaryl/α,β-unsaturated/α-hetero) is 1. The van der Waals surface area contributed by atoms with Crippen LogP contribution < -0.4 is 9.64 Å². The monoisotopic (exact) mass is 467 g/mol. The molecule has 1 aromatic carbocycles. The number of aliphatic hydroxyl groups excluding tert-OH is 1. The highest BCUT2D eigenvalue weighted by Gasteiger charge is 2.49. The minimum Gasteiger partial charge on any atom is -0.507 e. The number of nitrogens with zero attached hydrogens (tertiary/aromatic N) is 3. The molecule has 170 valence electrons. The van der Waals surface area contributed by atoms with Gasteiger partial charge in [0.1, 0.15) is 16.5 Å². The Hall–Kier alpha value is -3.79. The molecule has 1 aromatic heterocycles. The topological polar surface area (TPSA) is 119 Å². The first kappa shape index (κ1) is 22.4. The zero-order chi connectivity index (χ0) is 23.7. The number of methoxy groups -OCH3 is 2. The predicted octanol–water partition coefficient (Wildman–Crippen LogP) is 2.78. The van der Waals surface area contributed by atoms with E-state index < -0.39 is 23.7 Å². The molecule has 1 aliphatic carbocycles. The molecule has 2 heterocycles. The number of benzene rings is 1. The van der Waals surface area contributed by atoms with Crippen molar-refractivity contribution < 1.29 is 29.0 Å². The number of carbonyl (C=O) groups excluding carboxylic acids is 3. The Bertz CT molecular complexity index is 1210. The van der Waals surface area contributed by atoms with Gasteiger partial charge < -0.3 is 14.6 Å². The van der Waals surface area contributed by atoms with E-state index in [1.165, 1.54) is 30.5 Å². The summed E-state index contributed by atoms with van der Waals surface area (Å²) < 4.78 is 9.95. The Kier molecular flexibility index (Phi) is 6.10. The van der Waals surface area contributed by atoms with Crippen molar-refractivity contribution in [1.82, 2.24) is 10.2 Å². The minimum atomic E-state index is -0.922. The van der Waals surface area contributed by atoms with Gasteiger partial charge in [-0.25, -0.2) is 0 Å². The molecule has 0 radical (unpaired) electrons. The second-order valence-corrected chi connectivity index (χ2v) is 8.59. The van der Waals surface area contributed by atoms with Crippen molar-refractivity contribution in [2.45, 2.75) is 19.4 Å². The zero-order valence-corrected chi connectivity index (χ0v) is 19.0. The Morgan fingerprint density at radius 2 is 1.91 bits per heavy atom. The summed E-state index contributed by atoms with van der Waals surface area (Å²) in [6, 6.07) is 5.58. The van der Waals surface area contributed by atoms with Crippen LogP contribution in [0.2, 0.25) is 0 Å². The first-order valence-electron chi connectivity index (χ1n) is 10.1. The number of carbonyl (C=O) groups is 3. The zero-order valence-electron chi connectivity index (χ0n) is 18.1. The van der Waals surface area contributed by atoms with Crippen molar-refractivity contribution in [2.75, 3.05) is 19.1 Å². The van der Waals surface area contributed by atoms with E-state index in [0.29, 0.717) is 28.3 Å². The first-order chi connectivity index (χ1) is 15.8. The van der Waals surface area contributed by atoms with Gasteiger partial charge in [-0.15, -0.1) is 10.2 Å². The predicted molar refractivity (Wildman–Crippen MR) is 121 cm³/mol. The van der Waals surface area contributed by atoms with Gasteiger partial charge in [-0.3, -0.25) is 19.3 Å². The molecule has 33 heavy (non-hydrogen) atoms. The van der Waals surface area contributed by atoms with Gasteiger partial charge in [-0.1, -0.05) is 29.6 Å². The van der Waals surface area contributed by atoms with Crippen molar-refractivity contribution in [1.29, 1.82) is 0 Å². The fourth-order valence-electron chi connectivity index (χ4n) is 3.80. The molecular weight excluding hydrogens is 446 g/mol. The van der Waals surface area contributed by atoms with Crippen molar-refractivity contribution in [3.8, 4) is 5.75 Å². The molecule has 2 unspecified atom stereocenters. The van der Waals surface area contributed by atoms with Crippen molar-refractivity contribution in [2.24, 2.45) is 5.92 Å². The summed E-state index contributed by atoms with van der Waals surface area (Å²) in [5.41, 5.74) is 0.878. The van der Waals surface area contributed by atoms with Crippen LogP contribution in [-0.4, -0.2) is 53.2 Å². The molecule has 10 heteroatoms. The average Bonchev–Trinajstić information content (AvgIpc) is 3.38. The normalized spacial score (nSPS) is 21.8. The van der Waals surface area contributed by atoms with E-state index in [-0.39, 0.29) is 22.4 Å². The molecule has 0 bridgehead atoms. The molecule has 1 saturated heterocycles. The number of aliphatic hydroxyl groups is 1. The molecule has 1 fully saturated rings. The van der Waals surface area contributed by atoms with E-state index in [9.17, 15) is 19.5 Å². The third-order valence-electron chi connectivity index (χ3n) is 5.48. The van der Waals surface area contributed by atoms with Crippen LogP contribution in [0.4, 0.5) is 5.13 Å². The van der Waals surface area contributed by atoms with Gasteiger partial charge in [0.05, 0.1) is 31.8 Å². The Morgan fingerprint density at radius 3 is 2.45 bits per heavy atom. The van der Waals surface area contributed by atoms with Crippen LogP contribution >= 0.6 is 11.3 Å². The number of ketones is 1. The number of hydrogen-bond acceptors (Lipinski definition) is 9. The number of hydrogen-bond donors (Lipinski definition) is 1. The van der Waals surface area contributed by atoms with Crippen LogP contribution in [0, 0.1) is 12.8 Å². The summed E-state index contributed by atoms with van der Waals surface area (Å²) in [5, 5.41) is 20.0. The smallest absolute Gasteiger partial charge is 0.312 e. The fraction of sp³-hybridized carbons (Fsp3) is 0.261. The van der Waals surface area contributed by atoms with Crippen LogP contribution in [-0.2, 0) is 19.1 Å². The average molecular weight is 468 g/mol. The highest BCUT2D eigenvalue weighted by atomic mass is 32.1. The molecule has 4 rings (SSSR count). The molecular formula is C23H21N3O6S. The standard InChI is InChI=1S/C23H21N3O6S/c1-12-24-25-23(33-12)26-18(13-4-6-15(7-5-13)22(30)32-3)17(20(28)21(26)29)19(27)14-8-10-16(31-2)11-9-14/h4-6,8-11,15,18,27H,7H2,1-3H3. The molecule has 2 atom stereocenters. The highest BCUT2D eigenvalue weighted by Crippen LogP contribution is 2.39. The van der Waals surface area contributed by atoms with Crippen molar-refractivity contribution >= 4 is 39.9 Å². The molecule has 2 aliphatic rings. The second-order valence-electron chi connectivity index (χ2n) is 7.43. The lowest BCUT2D eigenvalue weighted by molar-refractivity contribution is -0.143. The lowest BCUT2D eigenvalue weighted by atomic mass is 9.89.